The molecule has 0 fully saturated rings. The van der Waals surface area contributed by atoms with Gasteiger partial charge in [0.25, 0.3) is 5.91 Å². The number of rotatable bonds is 4. The molecule has 1 aromatic carbocycles. The van der Waals surface area contributed by atoms with Crippen LogP contribution in [0.3, 0.4) is 0 Å². The summed E-state index contributed by atoms with van der Waals surface area (Å²) in [5.41, 5.74) is 7.27. The van der Waals surface area contributed by atoms with Gasteiger partial charge in [-0.2, -0.15) is 0 Å². The topological polar surface area (TPSA) is 75.1 Å². The van der Waals surface area contributed by atoms with Crippen LogP contribution < -0.4 is 16.1 Å². The first-order valence-corrected chi connectivity index (χ1v) is 7.25. The number of nitrogens with zero attached hydrogens (tertiary/aromatic N) is 2. The smallest absolute Gasteiger partial charge is 0.252 e. The maximum Gasteiger partial charge on any atom is 0.252 e. The zero-order valence-electron chi connectivity index (χ0n) is 12.2. The lowest BCUT2D eigenvalue weighted by molar-refractivity contribution is 0.0998. The quantitative estimate of drug-likeness (QED) is 0.898. The number of pyridine rings is 1. The lowest BCUT2D eigenvalue weighted by Gasteiger charge is -2.19. The Morgan fingerprint density at radius 1 is 1.27 bits per heavy atom. The van der Waals surface area contributed by atoms with E-state index in [9.17, 15) is 4.79 Å². The molecular formula is C15H16Cl2N4O. The van der Waals surface area contributed by atoms with Gasteiger partial charge in [0.15, 0.2) is 0 Å². The summed E-state index contributed by atoms with van der Waals surface area (Å²) < 4.78 is 1.57. The summed E-state index contributed by atoms with van der Waals surface area (Å²) in [6, 6.07) is 6.93. The van der Waals surface area contributed by atoms with E-state index in [-0.39, 0.29) is 11.1 Å². The summed E-state index contributed by atoms with van der Waals surface area (Å²) >= 11 is 12.1. The maximum absolute atomic E-state index is 11.4. The number of hydrogen-bond donors (Lipinski definition) is 2. The Bertz CT molecular complexity index is 784. The molecule has 0 aliphatic heterocycles. The van der Waals surface area contributed by atoms with E-state index in [4.69, 9.17) is 34.3 Å². The Morgan fingerprint density at radius 2 is 1.95 bits per heavy atom. The molecule has 0 spiro atoms. The fourth-order valence-electron chi connectivity index (χ4n) is 2.22. The number of anilines is 1. The minimum absolute atomic E-state index is 0.0154. The van der Waals surface area contributed by atoms with E-state index < -0.39 is 5.91 Å². The lowest BCUT2D eigenvalue weighted by Crippen LogP contribution is -2.30. The lowest BCUT2D eigenvalue weighted by atomic mass is 10.1. The monoisotopic (exact) mass is 338 g/mol. The standard InChI is InChI=1S/C15H16Cl2N4O/c1-20(2)13-4-3-10(16)5-9(13)7-21-8-11(17)6-12(14(21)18)15(19)22/h3-6,8,18H,7H2,1-2H3,(H2,19,22). The second-order valence-electron chi connectivity index (χ2n) is 5.08. The first-order valence-electron chi connectivity index (χ1n) is 6.49. The third kappa shape index (κ3) is 3.43. The summed E-state index contributed by atoms with van der Waals surface area (Å²) in [5, 5.41) is 9.06. The molecule has 2 aromatic rings. The molecule has 5 nitrogen and oxygen atoms in total. The van der Waals surface area contributed by atoms with E-state index >= 15 is 0 Å². The van der Waals surface area contributed by atoms with Crippen LogP contribution in [-0.2, 0) is 6.54 Å². The summed E-state index contributed by atoms with van der Waals surface area (Å²) in [4.78, 5) is 13.4. The first kappa shape index (κ1) is 16.4. The zero-order valence-corrected chi connectivity index (χ0v) is 13.7. The van der Waals surface area contributed by atoms with Crippen LogP contribution in [0, 0.1) is 5.41 Å². The van der Waals surface area contributed by atoms with E-state index in [1.54, 1.807) is 16.8 Å². The van der Waals surface area contributed by atoms with Crippen LogP contribution in [-0.4, -0.2) is 24.6 Å². The number of halogens is 2. The van der Waals surface area contributed by atoms with Crippen molar-refractivity contribution in [3.63, 3.8) is 0 Å². The van der Waals surface area contributed by atoms with Crippen LogP contribution >= 0.6 is 23.2 Å². The van der Waals surface area contributed by atoms with Crippen LogP contribution in [0.1, 0.15) is 15.9 Å². The summed E-state index contributed by atoms with van der Waals surface area (Å²) in [6.07, 6.45) is 1.59. The third-order valence-electron chi connectivity index (χ3n) is 3.23. The van der Waals surface area contributed by atoms with Gasteiger partial charge in [0.1, 0.15) is 5.49 Å². The van der Waals surface area contributed by atoms with E-state index in [1.165, 1.54) is 6.07 Å². The van der Waals surface area contributed by atoms with E-state index in [1.807, 2.05) is 31.1 Å². The van der Waals surface area contributed by atoms with Crippen molar-refractivity contribution in [2.45, 2.75) is 6.54 Å². The molecule has 0 radical (unpaired) electrons. The third-order valence-corrected chi connectivity index (χ3v) is 3.68. The van der Waals surface area contributed by atoms with Crippen molar-refractivity contribution in [1.29, 1.82) is 5.41 Å². The molecule has 0 aliphatic rings. The number of benzene rings is 1. The van der Waals surface area contributed by atoms with Gasteiger partial charge >= 0.3 is 0 Å². The Balaban J connectivity index is 2.55. The average molecular weight is 339 g/mol. The van der Waals surface area contributed by atoms with Gasteiger partial charge in [0.2, 0.25) is 0 Å². The molecular weight excluding hydrogens is 323 g/mol. The second kappa shape index (κ2) is 6.42. The van der Waals surface area contributed by atoms with Gasteiger partial charge in [-0.1, -0.05) is 23.2 Å². The summed E-state index contributed by atoms with van der Waals surface area (Å²) in [5.74, 6) is -0.680. The Kier molecular flexibility index (Phi) is 4.78. The van der Waals surface area contributed by atoms with Crippen molar-refractivity contribution in [3.05, 3.63) is 57.1 Å². The molecule has 116 valence electrons. The maximum atomic E-state index is 11.4. The van der Waals surface area contributed by atoms with Crippen molar-refractivity contribution in [2.75, 3.05) is 19.0 Å². The van der Waals surface area contributed by atoms with Gasteiger partial charge in [0.05, 0.1) is 17.1 Å². The van der Waals surface area contributed by atoms with Crippen LogP contribution in [0.5, 0.6) is 0 Å². The zero-order chi connectivity index (χ0) is 16.4. The predicted octanol–water partition coefficient (Wildman–Crippen LogP) is 2.49. The van der Waals surface area contributed by atoms with Gasteiger partial charge in [0, 0.05) is 31.0 Å². The van der Waals surface area contributed by atoms with Crippen LogP contribution in [0.2, 0.25) is 10.0 Å². The highest BCUT2D eigenvalue weighted by molar-refractivity contribution is 6.31. The molecule has 0 aliphatic carbocycles. The summed E-state index contributed by atoms with van der Waals surface area (Å²) in [6.45, 7) is 0.355. The van der Waals surface area contributed by atoms with Crippen LogP contribution in [0.4, 0.5) is 5.69 Å². The SMILES string of the molecule is CN(C)c1ccc(Cl)cc1Cn1cc(Cl)cc(C(N)=O)c1=N. The fourth-order valence-corrected chi connectivity index (χ4v) is 2.65. The van der Waals surface area contributed by atoms with Crippen molar-refractivity contribution < 1.29 is 4.79 Å². The molecule has 2 rings (SSSR count). The summed E-state index contributed by atoms with van der Waals surface area (Å²) in [7, 11) is 3.84. The van der Waals surface area contributed by atoms with E-state index in [2.05, 4.69) is 0 Å². The molecule has 0 saturated heterocycles. The van der Waals surface area contributed by atoms with Crippen molar-refractivity contribution in [2.24, 2.45) is 5.73 Å². The molecule has 7 heteroatoms. The molecule has 1 amide bonds. The average Bonchev–Trinajstić information content (AvgIpc) is 2.41. The number of aromatic nitrogens is 1. The number of nitrogens with two attached hydrogens (primary N) is 1. The molecule has 3 N–H and O–H groups in total. The predicted molar refractivity (Wildman–Crippen MR) is 88.7 cm³/mol. The molecule has 0 unspecified atom stereocenters. The number of carbonyl (C=O) groups is 1. The fraction of sp³-hybridized carbons (Fsp3) is 0.200. The van der Waals surface area contributed by atoms with E-state index in [0.717, 1.165) is 11.3 Å². The Labute approximate surface area is 138 Å². The molecule has 0 bridgehead atoms. The van der Waals surface area contributed by atoms with Crippen molar-refractivity contribution in [3.8, 4) is 0 Å². The van der Waals surface area contributed by atoms with Gasteiger partial charge in [-0.05, 0) is 29.8 Å². The number of hydrogen-bond acceptors (Lipinski definition) is 3. The number of nitrogens with one attached hydrogen (secondary N) is 1. The van der Waals surface area contributed by atoms with Crippen molar-refractivity contribution in [1.82, 2.24) is 4.57 Å². The molecule has 0 saturated carbocycles. The van der Waals surface area contributed by atoms with Gasteiger partial charge in [-0.15, -0.1) is 0 Å². The molecule has 0 atom stereocenters. The normalized spacial score (nSPS) is 10.5. The van der Waals surface area contributed by atoms with Crippen LogP contribution in [0.25, 0.3) is 0 Å². The first-order chi connectivity index (χ1) is 10.3. The van der Waals surface area contributed by atoms with Gasteiger partial charge < -0.3 is 15.2 Å². The van der Waals surface area contributed by atoms with Crippen molar-refractivity contribution >= 4 is 34.8 Å². The number of carbonyl (C=O) groups excluding carboxylic acids is 1. The van der Waals surface area contributed by atoms with E-state index in [0.29, 0.717) is 16.6 Å². The number of amides is 1. The highest BCUT2D eigenvalue weighted by Gasteiger charge is 2.11. The Morgan fingerprint density at radius 3 is 2.55 bits per heavy atom. The molecule has 1 aromatic heterocycles. The van der Waals surface area contributed by atoms with Crippen LogP contribution in [0.15, 0.2) is 30.5 Å². The number of primary amides is 1. The minimum Gasteiger partial charge on any atom is -0.377 e. The van der Waals surface area contributed by atoms with Gasteiger partial charge in [-0.3, -0.25) is 10.2 Å². The highest BCUT2D eigenvalue weighted by atomic mass is 35.5. The molecule has 22 heavy (non-hydrogen) atoms. The molecule has 1 heterocycles. The second-order valence-corrected chi connectivity index (χ2v) is 5.95. The minimum atomic E-state index is -0.680. The van der Waals surface area contributed by atoms with Gasteiger partial charge in [-0.25, -0.2) is 0 Å². The Hall–Kier alpha value is -1.98. The highest BCUT2D eigenvalue weighted by Crippen LogP contribution is 2.23. The largest absolute Gasteiger partial charge is 0.377 e.